The number of benzene rings is 1. The normalized spacial score (nSPS) is 19.8. The lowest BCUT2D eigenvalue weighted by Crippen LogP contribution is -2.34. The summed E-state index contributed by atoms with van der Waals surface area (Å²) in [4.78, 5) is 12.5. The lowest BCUT2D eigenvalue weighted by Gasteiger charge is -2.25. The van der Waals surface area contributed by atoms with Crippen LogP contribution in [0.5, 0.6) is 0 Å². The molecule has 1 amide bonds. The topological polar surface area (TPSA) is 32.3 Å². The SMILES string of the molecule is O=C1CNC(c2ccc(F)cc2F)N1CCC(F)(F)F. The number of nitrogens with zero attached hydrogens (tertiary/aromatic N) is 1. The Balaban J connectivity index is 2.19. The van der Waals surface area contributed by atoms with Crippen LogP contribution in [-0.2, 0) is 4.79 Å². The molecule has 0 aromatic heterocycles. The fourth-order valence-electron chi connectivity index (χ4n) is 2.04. The van der Waals surface area contributed by atoms with E-state index in [-0.39, 0.29) is 12.1 Å². The average molecular weight is 294 g/mol. The molecule has 1 atom stereocenters. The molecule has 110 valence electrons. The van der Waals surface area contributed by atoms with E-state index >= 15 is 0 Å². The van der Waals surface area contributed by atoms with Crippen LogP contribution in [0, 0.1) is 11.6 Å². The number of hydrogen-bond donors (Lipinski definition) is 1. The molecule has 1 aromatic rings. The first-order valence-electron chi connectivity index (χ1n) is 5.82. The van der Waals surface area contributed by atoms with Crippen LogP contribution in [0.25, 0.3) is 0 Å². The number of amides is 1. The van der Waals surface area contributed by atoms with Gasteiger partial charge in [-0.3, -0.25) is 10.1 Å². The molecule has 1 aliphatic heterocycles. The van der Waals surface area contributed by atoms with Gasteiger partial charge in [-0.05, 0) is 12.1 Å². The maximum Gasteiger partial charge on any atom is 0.390 e. The van der Waals surface area contributed by atoms with E-state index in [1.807, 2.05) is 0 Å². The number of rotatable bonds is 3. The molecular formula is C12H11F5N2O. The molecular weight excluding hydrogens is 283 g/mol. The quantitative estimate of drug-likeness (QED) is 0.868. The molecule has 1 fully saturated rings. The smallest absolute Gasteiger partial charge is 0.321 e. The second-order valence-corrected chi connectivity index (χ2v) is 4.40. The predicted molar refractivity (Wildman–Crippen MR) is 59.5 cm³/mol. The Morgan fingerprint density at radius 2 is 2.00 bits per heavy atom. The van der Waals surface area contributed by atoms with Gasteiger partial charge in [0.05, 0.1) is 13.0 Å². The van der Waals surface area contributed by atoms with E-state index in [4.69, 9.17) is 0 Å². The zero-order valence-electron chi connectivity index (χ0n) is 10.2. The summed E-state index contributed by atoms with van der Waals surface area (Å²) in [6.07, 6.45) is -6.60. The first-order valence-corrected chi connectivity index (χ1v) is 5.82. The van der Waals surface area contributed by atoms with Gasteiger partial charge in [0.25, 0.3) is 0 Å². The number of carbonyl (C=O) groups excluding carboxylic acids is 1. The molecule has 0 saturated carbocycles. The Morgan fingerprint density at radius 3 is 2.60 bits per heavy atom. The molecule has 3 nitrogen and oxygen atoms in total. The summed E-state index contributed by atoms with van der Waals surface area (Å²) >= 11 is 0. The van der Waals surface area contributed by atoms with Crippen LogP contribution >= 0.6 is 0 Å². The number of halogens is 5. The van der Waals surface area contributed by atoms with Crippen molar-refractivity contribution >= 4 is 5.91 Å². The third kappa shape index (κ3) is 3.24. The molecule has 1 saturated heterocycles. The highest BCUT2D eigenvalue weighted by Gasteiger charge is 2.36. The number of nitrogens with one attached hydrogen (secondary N) is 1. The van der Waals surface area contributed by atoms with Crippen LogP contribution in [0.1, 0.15) is 18.2 Å². The van der Waals surface area contributed by atoms with Gasteiger partial charge >= 0.3 is 6.18 Å². The number of alkyl halides is 3. The van der Waals surface area contributed by atoms with E-state index in [9.17, 15) is 26.7 Å². The maximum absolute atomic E-state index is 13.6. The van der Waals surface area contributed by atoms with Crippen molar-refractivity contribution in [3.8, 4) is 0 Å². The van der Waals surface area contributed by atoms with E-state index in [0.717, 1.165) is 17.0 Å². The molecule has 0 aliphatic carbocycles. The van der Waals surface area contributed by atoms with Gasteiger partial charge in [-0.1, -0.05) is 0 Å². The minimum absolute atomic E-state index is 0.0561. The molecule has 8 heteroatoms. The van der Waals surface area contributed by atoms with Crippen molar-refractivity contribution in [2.75, 3.05) is 13.1 Å². The zero-order valence-corrected chi connectivity index (χ0v) is 10.2. The minimum Gasteiger partial charge on any atom is -0.321 e. The Bertz CT molecular complexity index is 517. The summed E-state index contributed by atoms with van der Waals surface area (Å²) in [6.45, 7) is -0.754. The van der Waals surface area contributed by atoms with Gasteiger partial charge in [-0.25, -0.2) is 8.78 Å². The molecule has 2 rings (SSSR count). The lowest BCUT2D eigenvalue weighted by molar-refractivity contribution is -0.144. The molecule has 1 N–H and O–H groups in total. The minimum atomic E-state index is -4.41. The van der Waals surface area contributed by atoms with Crippen LogP contribution < -0.4 is 5.32 Å². The van der Waals surface area contributed by atoms with Gasteiger partial charge in [0.15, 0.2) is 0 Å². The second kappa shape index (κ2) is 5.35. The van der Waals surface area contributed by atoms with Crippen molar-refractivity contribution in [1.82, 2.24) is 10.2 Å². The van der Waals surface area contributed by atoms with Gasteiger partial charge in [-0.15, -0.1) is 0 Å². The van der Waals surface area contributed by atoms with E-state index in [1.165, 1.54) is 0 Å². The Hall–Kier alpha value is -1.70. The summed E-state index contributed by atoms with van der Waals surface area (Å²) < 4.78 is 63.1. The van der Waals surface area contributed by atoms with Gasteiger partial charge in [0.1, 0.15) is 17.8 Å². The van der Waals surface area contributed by atoms with Crippen LogP contribution in [0.15, 0.2) is 18.2 Å². The van der Waals surface area contributed by atoms with Gasteiger partial charge in [0, 0.05) is 18.2 Å². The summed E-state index contributed by atoms with van der Waals surface area (Å²) in [5.41, 5.74) is -0.0561. The van der Waals surface area contributed by atoms with Crippen LogP contribution in [0.3, 0.4) is 0 Å². The van der Waals surface area contributed by atoms with Crippen LogP contribution in [-0.4, -0.2) is 30.1 Å². The lowest BCUT2D eigenvalue weighted by atomic mass is 10.1. The first-order chi connectivity index (χ1) is 9.28. The zero-order chi connectivity index (χ0) is 14.9. The second-order valence-electron chi connectivity index (χ2n) is 4.40. The fraction of sp³-hybridized carbons (Fsp3) is 0.417. The number of carbonyl (C=O) groups is 1. The van der Waals surface area contributed by atoms with Crippen molar-refractivity contribution in [3.05, 3.63) is 35.4 Å². The highest BCUT2D eigenvalue weighted by Crippen LogP contribution is 2.28. The van der Waals surface area contributed by atoms with Gasteiger partial charge < -0.3 is 4.90 Å². The summed E-state index contributed by atoms with van der Waals surface area (Å²) in [6, 6.07) is 2.73. The van der Waals surface area contributed by atoms with Crippen molar-refractivity contribution in [3.63, 3.8) is 0 Å². The predicted octanol–water partition coefficient (Wildman–Crippen LogP) is 2.35. The van der Waals surface area contributed by atoms with Crippen molar-refractivity contribution in [1.29, 1.82) is 0 Å². The standard InChI is InChI=1S/C12H11F5N2O/c13-7-1-2-8(9(14)5-7)11-18-6-10(20)19(11)4-3-12(15,16)17/h1-2,5,11,18H,3-4,6H2. The summed E-state index contributed by atoms with van der Waals surface area (Å²) in [5, 5.41) is 2.62. The monoisotopic (exact) mass is 294 g/mol. The third-order valence-electron chi connectivity index (χ3n) is 2.97. The fourth-order valence-corrected chi connectivity index (χ4v) is 2.04. The Morgan fingerprint density at radius 1 is 1.30 bits per heavy atom. The van der Waals surface area contributed by atoms with Crippen LogP contribution in [0.2, 0.25) is 0 Å². The van der Waals surface area contributed by atoms with E-state index in [2.05, 4.69) is 5.32 Å². The molecule has 20 heavy (non-hydrogen) atoms. The molecule has 1 unspecified atom stereocenters. The Kier molecular flexibility index (Phi) is 3.94. The Labute approximate surface area is 111 Å². The van der Waals surface area contributed by atoms with E-state index < -0.39 is 42.8 Å². The van der Waals surface area contributed by atoms with Gasteiger partial charge in [-0.2, -0.15) is 13.2 Å². The van der Waals surface area contributed by atoms with Gasteiger partial charge in [0.2, 0.25) is 5.91 Å². The largest absolute Gasteiger partial charge is 0.390 e. The average Bonchev–Trinajstić information content (AvgIpc) is 2.67. The molecule has 0 radical (unpaired) electrons. The summed E-state index contributed by atoms with van der Waals surface area (Å²) in [7, 11) is 0. The molecule has 1 heterocycles. The van der Waals surface area contributed by atoms with Crippen molar-refractivity contribution in [2.45, 2.75) is 18.8 Å². The van der Waals surface area contributed by atoms with E-state index in [0.29, 0.717) is 6.07 Å². The third-order valence-corrected chi connectivity index (χ3v) is 2.97. The van der Waals surface area contributed by atoms with Crippen molar-refractivity contribution in [2.24, 2.45) is 0 Å². The van der Waals surface area contributed by atoms with Crippen molar-refractivity contribution < 1.29 is 26.7 Å². The molecule has 1 aliphatic rings. The first kappa shape index (κ1) is 14.7. The van der Waals surface area contributed by atoms with E-state index in [1.54, 1.807) is 0 Å². The van der Waals surface area contributed by atoms with Crippen LogP contribution in [0.4, 0.5) is 22.0 Å². The molecule has 0 spiro atoms. The number of hydrogen-bond acceptors (Lipinski definition) is 2. The summed E-state index contributed by atoms with van der Waals surface area (Å²) in [5.74, 6) is -2.26. The maximum atomic E-state index is 13.6. The highest BCUT2D eigenvalue weighted by molar-refractivity contribution is 5.80. The molecule has 1 aromatic carbocycles. The molecule has 0 bridgehead atoms. The highest BCUT2D eigenvalue weighted by atomic mass is 19.4.